The molecule has 1 aromatic carbocycles. The first-order valence-corrected chi connectivity index (χ1v) is 11.2. The van der Waals surface area contributed by atoms with E-state index < -0.39 is 0 Å². The number of hydrogen-bond acceptors (Lipinski definition) is 4. The summed E-state index contributed by atoms with van der Waals surface area (Å²) in [4.78, 5) is 16.3. The quantitative estimate of drug-likeness (QED) is 0.396. The number of nitrogens with zero attached hydrogens (tertiary/aromatic N) is 2. The van der Waals surface area contributed by atoms with Crippen molar-refractivity contribution in [3.63, 3.8) is 0 Å². The van der Waals surface area contributed by atoms with Crippen LogP contribution in [0, 0.1) is 13.8 Å². The zero-order chi connectivity index (χ0) is 26.2. The molecular weight excluding hydrogens is 414 g/mol. The van der Waals surface area contributed by atoms with Crippen LogP contribution >= 0.6 is 0 Å². The standard InChI is InChI=1S/C15H18N2.C5H7N.C2H6O.C2H4O.C2H6.CH4O.H2/c1-5-7-8-13-11(3)15-14(9-12(13)6-2)17(4)10-16-15;1-5-3-2-4-6-5;2*1-2-3;2*1-2;/h6-10H,2,5H2,1,3-4H3;2-4,6H,1H3;3H,2H2,1H3;2H,1H3;1-2H3;2H,1H3;1H/b8-7+;;;;;;. The highest BCUT2D eigenvalue weighted by Gasteiger charge is 2.09. The molecule has 3 rings (SSSR count). The second-order valence-corrected chi connectivity index (χ2v) is 6.15. The molecule has 3 aromatic rings. The van der Waals surface area contributed by atoms with Gasteiger partial charge in [-0.2, -0.15) is 0 Å². The van der Waals surface area contributed by atoms with E-state index >= 15 is 0 Å². The van der Waals surface area contributed by atoms with Gasteiger partial charge < -0.3 is 24.6 Å². The molecule has 0 saturated heterocycles. The fourth-order valence-corrected chi connectivity index (χ4v) is 2.51. The molecule has 33 heavy (non-hydrogen) atoms. The number of aromatic nitrogens is 3. The van der Waals surface area contributed by atoms with Gasteiger partial charge in [-0.15, -0.1) is 0 Å². The first kappa shape index (κ1) is 34.6. The summed E-state index contributed by atoms with van der Waals surface area (Å²) in [6.07, 6.45) is 11.8. The molecule has 0 amide bonds. The van der Waals surface area contributed by atoms with Crippen LogP contribution in [0.1, 0.15) is 64.9 Å². The fourth-order valence-electron chi connectivity index (χ4n) is 2.51. The Morgan fingerprint density at radius 3 is 2.15 bits per heavy atom. The highest BCUT2D eigenvalue weighted by atomic mass is 16.2. The minimum atomic E-state index is 0. The van der Waals surface area contributed by atoms with Crippen LogP contribution in [0.4, 0.5) is 0 Å². The van der Waals surface area contributed by atoms with Gasteiger partial charge in [0.15, 0.2) is 0 Å². The number of H-pyrrole nitrogens is 1. The number of aldehydes is 1. The first-order valence-electron chi connectivity index (χ1n) is 11.2. The van der Waals surface area contributed by atoms with E-state index in [2.05, 4.69) is 48.6 Å². The number of carbonyl (C=O) groups excluding carboxylic acids is 1. The molecule has 0 saturated carbocycles. The van der Waals surface area contributed by atoms with E-state index in [0.717, 1.165) is 30.9 Å². The van der Waals surface area contributed by atoms with E-state index in [0.29, 0.717) is 0 Å². The van der Waals surface area contributed by atoms with Crippen LogP contribution in [-0.4, -0.2) is 44.8 Å². The lowest BCUT2D eigenvalue weighted by molar-refractivity contribution is -0.106. The Hall–Kier alpha value is -2.96. The molecule has 6 heteroatoms. The smallest absolute Gasteiger partial charge is 0.116 e. The molecule has 3 N–H and O–H groups in total. The Labute approximate surface area is 202 Å². The second-order valence-electron chi connectivity index (χ2n) is 6.15. The highest BCUT2D eigenvalue weighted by Crippen LogP contribution is 2.26. The summed E-state index contributed by atoms with van der Waals surface area (Å²) in [6.45, 7) is 17.6. The summed E-state index contributed by atoms with van der Waals surface area (Å²) in [7, 11) is 3.02. The molecule has 0 unspecified atom stereocenters. The van der Waals surface area contributed by atoms with Gasteiger partial charge in [0.25, 0.3) is 0 Å². The second kappa shape index (κ2) is 23.7. The topological polar surface area (TPSA) is 91.1 Å². The molecule has 0 spiro atoms. The predicted molar refractivity (Wildman–Crippen MR) is 146 cm³/mol. The maximum absolute atomic E-state index is 8.81. The number of aliphatic hydroxyl groups is 2. The number of rotatable bonds is 3. The molecule has 0 atom stereocenters. The lowest BCUT2D eigenvalue weighted by Gasteiger charge is -2.07. The molecule has 0 aliphatic rings. The van der Waals surface area contributed by atoms with Crippen molar-refractivity contribution in [2.24, 2.45) is 7.05 Å². The fraction of sp³-hybridized carbons (Fsp3) is 0.407. The number of aromatic amines is 1. The van der Waals surface area contributed by atoms with Crippen molar-refractivity contribution in [2.75, 3.05) is 13.7 Å². The van der Waals surface area contributed by atoms with Crippen molar-refractivity contribution in [3.8, 4) is 0 Å². The third-order valence-electron chi connectivity index (χ3n) is 3.84. The van der Waals surface area contributed by atoms with Crippen molar-refractivity contribution in [3.05, 3.63) is 65.8 Å². The van der Waals surface area contributed by atoms with Gasteiger partial charge in [0.2, 0.25) is 0 Å². The van der Waals surface area contributed by atoms with Crippen molar-refractivity contribution < 1.29 is 16.4 Å². The third kappa shape index (κ3) is 13.9. The molecule has 2 heterocycles. The maximum atomic E-state index is 8.81. The van der Waals surface area contributed by atoms with E-state index in [-0.39, 0.29) is 8.03 Å². The van der Waals surface area contributed by atoms with E-state index in [1.54, 1.807) is 6.92 Å². The molecule has 0 bridgehead atoms. The molecule has 2 aromatic heterocycles. The number of benzene rings is 1. The van der Waals surface area contributed by atoms with Crippen LogP contribution in [0.15, 0.2) is 43.4 Å². The van der Waals surface area contributed by atoms with Gasteiger partial charge in [-0.3, -0.25) is 0 Å². The Morgan fingerprint density at radius 2 is 1.79 bits per heavy atom. The number of allylic oxidation sites excluding steroid dienone is 1. The molecular formula is C27H47N3O3. The number of nitrogens with one attached hydrogen (secondary N) is 1. The Bertz CT molecular complexity index is 886. The lowest BCUT2D eigenvalue weighted by atomic mass is 9.99. The summed E-state index contributed by atoms with van der Waals surface area (Å²) in [6, 6.07) is 6.16. The summed E-state index contributed by atoms with van der Waals surface area (Å²) in [5.74, 6) is 0. The number of imidazole rings is 1. The summed E-state index contributed by atoms with van der Waals surface area (Å²) >= 11 is 0. The van der Waals surface area contributed by atoms with Gasteiger partial charge in [0.05, 0.1) is 17.4 Å². The van der Waals surface area contributed by atoms with Crippen molar-refractivity contribution >= 4 is 29.5 Å². The number of fused-ring (bicyclic) bond motifs is 1. The molecule has 6 nitrogen and oxygen atoms in total. The molecule has 0 aliphatic carbocycles. The predicted octanol–water partition coefficient (Wildman–Crippen LogP) is 6.36. The SMILES string of the molecule is C=Cc1cc2c(ncn2C)c(C)c1/C=C/CC.CC.CC=O.CCO.CO.Cc1ccc[nH]1.[HH]. The van der Waals surface area contributed by atoms with Gasteiger partial charge in [0.1, 0.15) is 6.29 Å². The van der Waals surface area contributed by atoms with Gasteiger partial charge >= 0.3 is 0 Å². The number of carbonyl (C=O) groups is 1. The normalized spacial score (nSPS) is 8.82. The highest BCUT2D eigenvalue weighted by molar-refractivity contribution is 5.87. The Kier molecular flexibility index (Phi) is 24.9. The van der Waals surface area contributed by atoms with E-state index in [1.165, 1.54) is 29.3 Å². The van der Waals surface area contributed by atoms with E-state index in [9.17, 15) is 0 Å². The average Bonchev–Trinajstić information content (AvgIpc) is 3.46. The van der Waals surface area contributed by atoms with Crippen molar-refractivity contribution in [1.82, 2.24) is 14.5 Å². The Morgan fingerprint density at radius 1 is 1.24 bits per heavy atom. The lowest BCUT2D eigenvalue weighted by Crippen LogP contribution is -1.91. The molecule has 0 radical (unpaired) electrons. The van der Waals surface area contributed by atoms with Crippen LogP contribution in [0.3, 0.4) is 0 Å². The van der Waals surface area contributed by atoms with Gasteiger partial charge in [-0.25, -0.2) is 4.98 Å². The first-order chi connectivity index (χ1) is 15.9. The maximum Gasteiger partial charge on any atom is 0.116 e. The Balaban J connectivity index is -0.000000220. The van der Waals surface area contributed by atoms with E-state index in [1.807, 2.05) is 63.1 Å². The molecule has 0 fully saturated rings. The monoisotopic (exact) mass is 461 g/mol. The zero-order valence-corrected chi connectivity index (χ0v) is 22.0. The number of hydrogen-bond donors (Lipinski definition) is 3. The van der Waals surface area contributed by atoms with Gasteiger partial charge in [-0.1, -0.05) is 45.6 Å². The summed E-state index contributed by atoms with van der Waals surface area (Å²) < 4.78 is 2.04. The largest absolute Gasteiger partial charge is 0.400 e. The van der Waals surface area contributed by atoms with Crippen molar-refractivity contribution in [2.45, 2.75) is 54.9 Å². The number of aliphatic hydroxyl groups excluding tert-OH is 2. The molecule has 188 valence electrons. The molecule has 0 aliphatic heterocycles. The summed E-state index contributed by atoms with van der Waals surface area (Å²) in [5, 5.41) is 14.6. The average molecular weight is 462 g/mol. The third-order valence-corrected chi connectivity index (χ3v) is 3.84. The van der Waals surface area contributed by atoms with Crippen LogP contribution in [0.5, 0.6) is 0 Å². The zero-order valence-electron chi connectivity index (χ0n) is 22.0. The van der Waals surface area contributed by atoms with Crippen molar-refractivity contribution in [1.29, 1.82) is 0 Å². The van der Waals surface area contributed by atoms with Crippen LogP contribution in [-0.2, 0) is 11.8 Å². The summed E-state index contributed by atoms with van der Waals surface area (Å²) in [5.41, 5.74) is 7.08. The van der Waals surface area contributed by atoms with E-state index in [4.69, 9.17) is 15.0 Å². The van der Waals surface area contributed by atoms with Crippen LogP contribution in [0.2, 0.25) is 0 Å². The van der Waals surface area contributed by atoms with Crippen LogP contribution in [0.25, 0.3) is 23.2 Å². The van der Waals surface area contributed by atoms with Crippen LogP contribution < -0.4 is 0 Å². The minimum absolute atomic E-state index is 0. The van der Waals surface area contributed by atoms with Gasteiger partial charge in [0, 0.05) is 34.1 Å². The minimum Gasteiger partial charge on any atom is -0.400 e. The number of aryl methyl sites for hydroxylation is 3. The van der Waals surface area contributed by atoms with Gasteiger partial charge in [-0.05, 0) is 69.0 Å².